The third-order valence-electron chi connectivity index (χ3n) is 2.19. The van der Waals surface area contributed by atoms with Gasteiger partial charge < -0.3 is 0 Å². The van der Waals surface area contributed by atoms with E-state index in [4.69, 9.17) is 11.6 Å². The highest BCUT2D eigenvalue weighted by Crippen LogP contribution is 2.28. The second-order valence-corrected chi connectivity index (χ2v) is 5.16. The Morgan fingerprint density at radius 3 is 2.87 bits per heavy atom. The van der Waals surface area contributed by atoms with Crippen molar-refractivity contribution in [1.82, 2.24) is 0 Å². The Morgan fingerprint density at radius 2 is 2.20 bits per heavy atom. The van der Waals surface area contributed by atoms with Crippen molar-refractivity contribution in [3.63, 3.8) is 0 Å². The molecule has 0 N–H and O–H groups in total. The smallest absolute Gasteiger partial charge is 0.185 e. The zero-order valence-electron chi connectivity index (χ0n) is 7.94. The van der Waals surface area contributed by atoms with Crippen LogP contribution in [0.4, 0.5) is 5.69 Å². The highest BCUT2D eigenvalue weighted by molar-refractivity contribution is 7.86. The van der Waals surface area contributed by atoms with Crippen molar-refractivity contribution in [2.45, 2.75) is 5.25 Å². The van der Waals surface area contributed by atoms with Crippen LogP contribution in [0.3, 0.4) is 0 Å². The topological polar surface area (TPSA) is 46.5 Å². The predicted octanol–water partition coefficient (Wildman–Crippen LogP) is 1.99. The number of hydrogen-bond donors (Lipinski definition) is 0. The summed E-state index contributed by atoms with van der Waals surface area (Å²) in [4.78, 5) is 15.9. The van der Waals surface area contributed by atoms with Crippen molar-refractivity contribution in [2.24, 2.45) is 4.99 Å². The number of benzene rings is 1. The van der Waals surface area contributed by atoms with Gasteiger partial charge in [0, 0.05) is 33.9 Å². The highest BCUT2D eigenvalue weighted by atomic mass is 35.5. The molecule has 0 aliphatic carbocycles. The molecule has 1 aromatic rings. The van der Waals surface area contributed by atoms with Gasteiger partial charge in [-0.3, -0.25) is 14.0 Å². The first kappa shape index (κ1) is 10.5. The Bertz CT molecular complexity index is 484. The molecular weight excluding hydrogens is 234 g/mol. The van der Waals surface area contributed by atoms with Crippen LogP contribution in [-0.2, 0) is 10.8 Å². The van der Waals surface area contributed by atoms with Crippen LogP contribution < -0.4 is 0 Å². The Morgan fingerprint density at radius 1 is 1.47 bits per heavy atom. The fourth-order valence-electron chi connectivity index (χ4n) is 1.43. The first-order valence-electron chi connectivity index (χ1n) is 4.30. The second kappa shape index (κ2) is 3.87. The van der Waals surface area contributed by atoms with Crippen LogP contribution in [0.1, 0.15) is 10.4 Å². The molecule has 1 aliphatic heterocycles. The van der Waals surface area contributed by atoms with Gasteiger partial charge in [-0.25, -0.2) is 0 Å². The monoisotopic (exact) mass is 241 g/mol. The summed E-state index contributed by atoms with van der Waals surface area (Å²) >= 11 is 5.78. The molecule has 5 heteroatoms. The maximum Gasteiger partial charge on any atom is 0.185 e. The predicted molar refractivity (Wildman–Crippen MR) is 61.8 cm³/mol. The molecule has 3 nitrogen and oxygen atoms in total. The summed E-state index contributed by atoms with van der Waals surface area (Å²) in [5, 5.41) is -0.0894. The first-order chi connectivity index (χ1) is 7.09. The number of carbonyl (C=O) groups is 1. The van der Waals surface area contributed by atoms with E-state index in [1.54, 1.807) is 18.2 Å². The summed E-state index contributed by atoms with van der Waals surface area (Å²) < 4.78 is 11.3. The number of carbonyl (C=O) groups excluding carboxylic acids is 1. The summed E-state index contributed by atoms with van der Waals surface area (Å²) in [6.45, 7) is 0. The molecule has 1 aliphatic rings. The number of halogens is 1. The van der Waals surface area contributed by atoms with Crippen LogP contribution in [0.25, 0.3) is 0 Å². The third kappa shape index (κ3) is 1.87. The van der Waals surface area contributed by atoms with E-state index in [-0.39, 0.29) is 5.78 Å². The highest BCUT2D eigenvalue weighted by Gasteiger charge is 2.27. The first-order valence-corrected chi connectivity index (χ1v) is 6.29. The molecule has 0 aromatic heterocycles. The summed E-state index contributed by atoms with van der Waals surface area (Å²) in [5.41, 5.74) is 1.04. The lowest BCUT2D eigenvalue weighted by molar-refractivity contribution is 0.100. The van der Waals surface area contributed by atoms with Crippen molar-refractivity contribution in [3.8, 4) is 0 Å². The lowest BCUT2D eigenvalue weighted by atomic mass is 10.0. The van der Waals surface area contributed by atoms with E-state index < -0.39 is 16.0 Å². The number of ketones is 1. The fraction of sp³-hybridized carbons (Fsp3) is 0.200. The molecule has 0 amide bonds. The van der Waals surface area contributed by atoms with Crippen molar-refractivity contribution in [2.75, 3.05) is 6.26 Å². The number of aliphatic imine (C=N–C) groups is 1. The van der Waals surface area contributed by atoms with Crippen molar-refractivity contribution in [1.29, 1.82) is 0 Å². The molecule has 78 valence electrons. The Kier molecular flexibility index (Phi) is 2.71. The van der Waals surface area contributed by atoms with E-state index in [0.29, 0.717) is 16.3 Å². The van der Waals surface area contributed by atoms with Gasteiger partial charge in [0.15, 0.2) is 5.78 Å². The summed E-state index contributed by atoms with van der Waals surface area (Å²) in [7, 11) is -1.23. The molecule has 0 radical (unpaired) electrons. The summed E-state index contributed by atoms with van der Waals surface area (Å²) in [6.07, 6.45) is 2.92. The summed E-state index contributed by atoms with van der Waals surface area (Å²) in [6, 6.07) is 4.88. The zero-order chi connectivity index (χ0) is 11.0. The van der Waals surface area contributed by atoms with E-state index in [9.17, 15) is 9.00 Å². The molecule has 0 fully saturated rings. The Hall–Kier alpha value is -1.00. The molecule has 1 aromatic carbocycles. The molecular formula is C10H8ClNO2S. The fourth-order valence-corrected chi connectivity index (χ4v) is 2.25. The van der Waals surface area contributed by atoms with Gasteiger partial charge in [0.25, 0.3) is 0 Å². The lowest BCUT2D eigenvalue weighted by Gasteiger charge is -2.15. The van der Waals surface area contributed by atoms with E-state index in [1.165, 1.54) is 12.5 Å². The maximum absolute atomic E-state index is 11.8. The Balaban J connectivity index is 2.51. The molecule has 1 heterocycles. The number of nitrogens with zero attached hydrogens (tertiary/aromatic N) is 1. The van der Waals surface area contributed by atoms with E-state index >= 15 is 0 Å². The zero-order valence-corrected chi connectivity index (χ0v) is 9.51. The maximum atomic E-state index is 11.8. The SMILES string of the molecule is CS(=O)C1C=Nc2cc(Cl)ccc2C1=O. The van der Waals surface area contributed by atoms with Crippen molar-refractivity contribution in [3.05, 3.63) is 28.8 Å². The minimum absolute atomic E-state index is 0.155. The second-order valence-electron chi connectivity index (χ2n) is 3.22. The van der Waals surface area contributed by atoms with Crippen molar-refractivity contribution < 1.29 is 9.00 Å². The molecule has 15 heavy (non-hydrogen) atoms. The van der Waals surface area contributed by atoms with Gasteiger partial charge in [-0.1, -0.05) is 11.6 Å². The van der Waals surface area contributed by atoms with Gasteiger partial charge in [0.1, 0.15) is 5.25 Å². The van der Waals surface area contributed by atoms with Gasteiger partial charge in [0.2, 0.25) is 0 Å². The molecule has 0 saturated heterocycles. The van der Waals surface area contributed by atoms with Gasteiger partial charge in [0.05, 0.1) is 5.69 Å². The molecule has 2 unspecified atom stereocenters. The quantitative estimate of drug-likeness (QED) is 0.755. The third-order valence-corrected chi connectivity index (χ3v) is 3.48. The standard InChI is InChI=1S/C10H8ClNO2S/c1-15(14)9-5-12-8-4-6(11)2-3-7(8)10(9)13/h2-5,9H,1H3. The van der Waals surface area contributed by atoms with Crippen LogP contribution in [0.5, 0.6) is 0 Å². The van der Waals surface area contributed by atoms with Gasteiger partial charge in [-0.15, -0.1) is 0 Å². The van der Waals surface area contributed by atoms with Crippen LogP contribution in [0, 0.1) is 0 Å². The molecule has 0 spiro atoms. The van der Waals surface area contributed by atoms with Gasteiger partial charge >= 0.3 is 0 Å². The van der Waals surface area contributed by atoms with Crippen molar-refractivity contribution >= 4 is 40.1 Å². The van der Waals surface area contributed by atoms with Crippen LogP contribution in [0.15, 0.2) is 23.2 Å². The van der Waals surface area contributed by atoms with Gasteiger partial charge in [-0.2, -0.15) is 0 Å². The minimum Gasteiger partial charge on any atom is -0.292 e. The number of hydrogen-bond acceptors (Lipinski definition) is 3. The molecule has 2 rings (SSSR count). The number of rotatable bonds is 1. The summed E-state index contributed by atoms with van der Waals surface area (Å²) in [5.74, 6) is -0.155. The van der Waals surface area contributed by atoms with Crippen LogP contribution in [-0.4, -0.2) is 27.7 Å². The molecule has 0 bridgehead atoms. The average Bonchev–Trinajstić information content (AvgIpc) is 2.17. The number of Topliss-reactive ketones (excluding diaryl/α,β-unsaturated/α-hetero) is 1. The van der Waals surface area contributed by atoms with Crippen LogP contribution >= 0.6 is 11.6 Å². The average molecular weight is 242 g/mol. The van der Waals surface area contributed by atoms with Gasteiger partial charge in [-0.05, 0) is 18.2 Å². The van der Waals surface area contributed by atoms with E-state index in [2.05, 4.69) is 4.99 Å². The molecule has 0 saturated carbocycles. The van der Waals surface area contributed by atoms with E-state index in [1.807, 2.05) is 0 Å². The molecule has 2 atom stereocenters. The van der Waals surface area contributed by atoms with Crippen LogP contribution in [0.2, 0.25) is 5.02 Å². The largest absolute Gasteiger partial charge is 0.292 e. The minimum atomic E-state index is -1.23. The normalized spacial score (nSPS) is 21.2. The lowest BCUT2D eigenvalue weighted by Crippen LogP contribution is -2.29. The van der Waals surface area contributed by atoms with E-state index in [0.717, 1.165) is 0 Å². The Labute approximate surface area is 94.6 Å². The number of fused-ring (bicyclic) bond motifs is 1.